The van der Waals surface area contributed by atoms with Crippen molar-refractivity contribution in [1.82, 2.24) is 4.72 Å². The molecule has 2 aliphatic rings. The molecule has 4 rings (SSSR count). The van der Waals surface area contributed by atoms with Crippen LogP contribution in [-0.4, -0.2) is 40.5 Å². The number of fused-ring (bicyclic) bond motifs is 2. The van der Waals surface area contributed by atoms with Crippen LogP contribution < -0.4 is 10.0 Å². The van der Waals surface area contributed by atoms with E-state index in [1.165, 1.54) is 5.38 Å². The third-order valence-electron chi connectivity index (χ3n) is 6.56. The van der Waals surface area contributed by atoms with Crippen LogP contribution in [-0.2, 0) is 36.8 Å². The van der Waals surface area contributed by atoms with E-state index in [0.717, 1.165) is 17.6 Å². The largest absolute Gasteiger partial charge is 0.333 e. The van der Waals surface area contributed by atoms with Gasteiger partial charge in [0.15, 0.2) is 11.6 Å². The first kappa shape index (κ1) is 26.6. The Kier molecular flexibility index (Phi) is 6.56. The van der Waals surface area contributed by atoms with Crippen LogP contribution >= 0.6 is 11.3 Å². The number of hydrogen-bond acceptors (Lipinski definition) is 8. The highest BCUT2D eigenvalue weighted by molar-refractivity contribution is 7.91. The summed E-state index contributed by atoms with van der Waals surface area (Å²) in [6, 6.07) is 6.96. The van der Waals surface area contributed by atoms with E-state index in [0.29, 0.717) is 24.0 Å². The van der Waals surface area contributed by atoms with Crippen molar-refractivity contribution in [2.75, 3.05) is 11.6 Å². The number of carbonyl (C=O) groups excluding carboxylic acids is 2. The summed E-state index contributed by atoms with van der Waals surface area (Å²) < 4.78 is 55.5. The van der Waals surface area contributed by atoms with Gasteiger partial charge in [-0.1, -0.05) is 45.0 Å². The van der Waals surface area contributed by atoms with Crippen LogP contribution in [0.2, 0.25) is 0 Å². The van der Waals surface area contributed by atoms with Crippen molar-refractivity contribution < 1.29 is 26.4 Å². The molecule has 36 heavy (non-hydrogen) atoms. The van der Waals surface area contributed by atoms with Crippen LogP contribution in [0.1, 0.15) is 62.0 Å². The first-order valence-electron chi connectivity index (χ1n) is 11.4. The first-order valence-corrected chi connectivity index (χ1v) is 15.6. The average molecular weight is 552 g/mol. The van der Waals surface area contributed by atoms with Gasteiger partial charge in [0.2, 0.25) is 10.0 Å². The average Bonchev–Trinajstić information content (AvgIpc) is 3.18. The van der Waals surface area contributed by atoms with Crippen LogP contribution in [0.15, 0.2) is 38.9 Å². The van der Waals surface area contributed by atoms with Crippen molar-refractivity contribution in [1.29, 1.82) is 0 Å². The van der Waals surface area contributed by atoms with Crippen molar-refractivity contribution in [2.45, 2.75) is 57.4 Å². The number of anilines is 1. The number of sulfonamides is 2. The molecule has 0 fully saturated rings. The normalized spacial score (nSPS) is 23.5. The summed E-state index contributed by atoms with van der Waals surface area (Å²) in [7, 11) is -7.85. The Morgan fingerprint density at radius 3 is 2.50 bits per heavy atom. The number of hydrogen-bond donors (Lipinski definition) is 2. The lowest BCUT2D eigenvalue weighted by Crippen LogP contribution is -2.51. The van der Waals surface area contributed by atoms with E-state index in [2.05, 4.69) is 35.2 Å². The minimum Gasteiger partial charge on any atom is -0.333 e. The SMILES string of the molecule is CC(C)(C)CC[C@@]1(C)C(=O)C(C2=NS(=O)(=O)c3c(CNS(C)(=O)=O)csc3N2)C(=O)c2ccccc21. The molecule has 2 aromatic rings. The molecule has 0 saturated heterocycles. The minimum absolute atomic E-state index is 0.0542. The third-order valence-corrected chi connectivity index (χ3v) is 9.72. The number of benzene rings is 1. The minimum atomic E-state index is -4.30. The molecule has 12 heteroatoms. The van der Waals surface area contributed by atoms with Gasteiger partial charge in [0.25, 0.3) is 10.0 Å². The number of amidine groups is 1. The summed E-state index contributed by atoms with van der Waals surface area (Å²) in [5.41, 5.74) is 0.205. The lowest BCUT2D eigenvalue weighted by Gasteiger charge is -2.39. The molecule has 2 atom stereocenters. The summed E-state index contributed by atoms with van der Waals surface area (Å²) >= 11 is 1.05. The van der Waals surface area contributed by atoms with Crippen LogP contribution in [0.3, 0.4) is 0 Å². The molecule has 0 spiro atoms. The van der Waals surface area contributed by atoms with Gasteiger partial charge in [-0.2, -0.15) is 8.42 Å². The monoisotopic (exact) mass is 551 g/mol. The number of Topliss-reactive ketones (excluding diaryl/α,β-unsaturated/α-hetero) is 2. The molecule has 0 amide bonds. The molecule has 0 radical (unpaired) electrons. The van der Waals surface area contributed by atoms with Gasteiger partial charge in [-0.05, 0) is 36.1 Å². The summed E-state index contributed by atoms with van der Waals surface area (Å²) in [6.07, 6.45) is 2.18. The Morgan fingerprint density at radius 1 is 1.19 bits per heavy atom. The first-order chi connectivity index (χ1) is 16.5. The van der Waals surface area contributed by atoms with E-state index in [1.807, 2.05) is 6.92 Å². The van der Waals surface area contributed by atoms with Crippen LogP contribution in [0, 0.1) is 11.3 Å². The molecule has 0 bridgehead atoms. The zero-order valence-corrected chi connectivity index (χ0v) is 23.2. The molecule has 9 nitrogen and oxygen atoms in total. The maximum atomic E-state index is 14.0. The second kappa shape index (κ2) is 8.86. The molecular weight excluding hydrogens is 522 g/mol. The van der Waals surface area contributed by atoms with Gasteiger partial charge in [-0.25, -0.2) is 13.1 Å². The fourth-order valence-electron chi connectivity index (χ4n) is 4.56. The molecular formula is C24H29N3O6S3. The summed E-state index contributed by atoms with van der Waals surface area (Å²) in [5, 5.41) is 4.62. The number of ketones is 2. The lowest BCUT2D eigenvalue weighted by molar-refractivity contribution is -0.125. The molecule has 2 heterocycles. The highest BCUT2D eigenvalue weighted by atomic mass is 32.2. The Balaban J connectivity index is 1.77. The predicted octanol–water partition coefficient (Wildman–Crippen LogP) is 3.48. The predicted molar refractivity (Wildman–Crippen MR) is 140 cm³/mol. The zero-order chi connectivity index (χ0) is 26.7. The van der Waals surface area contributed by atoms with E-state index in [4.69, 9.17) is 0 Å². The topological polar surface area (TPSA) is 139 Å². The number of thiophene rings is 1. The Bertz CT molecular complexity index is 1500. The van der Waals surface area contributed by atoms with E-state index >= 15 is 0 Å². The van der Waals surface area contributed by atoms with Gasteiger partial charge in [0, 0.05) is 17.7 Å². The summed E-state index contributed by atoms with van der Waals surface area (Å²) in [4.78, 5) is 27.4. The van der Waals surface area contributed by atoms with Gasteiger partial charge in [0.1, 0.15) is 21.7 Å². The number of rotatable bonds is 6. The Morgan fingerprint density at radius 2 is 1.86 bits per heavy atom. The zero-order valence-electron chi connectivity index (χ0n) is 20.7. The molecule has 0 saturated carbocycles. The van der Waals surface area contributed by atoms with E-state index in [-0.39, 0.29) is 33.3 Å². The quantitative estimate of drug-likeness (QED) is 0.524. The Labute approximate surface area is 215 Å². The molecule has 1 aromatic heterocycles. The second-order valence-electron chi connectivity index (χ2n) is 10.7. The lowest BCUT2D eigenvalue weighted by atomic mass is 9.62. The second-order valence-corrected chi connectivity index (χ2v) is 14.9. The fourth-order valence-corrected chi connectivity index (χ4v) is 7.62. The van der Waals surface area contributed by atoms with E-state index in [9.17, 15) is 26.4 Å². The maximum absolute atomic E-state index is 14.0. The van der Waals surface area contributed by atoms with Gasteiger partial charge in [0.05, 0.1) is 11.7 Å². The molecule has 2 N–H and O–H groups in total. The molecule has 1 aliphatic heterocycles. The van der Waals surface area contributed by atoms with Crippen LogP contribution in [0.25, 0.3) is 0 Å². The highest BCUT2D eigenvalue weighted by Crippen LogP contribution is 2.44. The fraction of sp³-hybridized carbons (Fsp3) is 0.458. The van der Waals surface area contributed by atoms with Gasteiger partial charge in [-0.3, -0.25) is 9.59 Å². The van der Waals surface area contributed by atoms with Crippen LogP contribution in [0.4, 0.5) is 5.00 Å². The number of nitrogens with one attached hydrogen (secondary N) is 2. The number of carbonyl (C=O) groups is 2. The van der Waals surface area contributed by atoms with E-state index in [1.54, 1.807) is 24.3 Å². The molecule has 1 unspecified atom stereocenters. The van der Waals surface area contributed by atoms with E-state index < -0.39 is 42.9 Å². The van der Waals surface area contributed by atoms with Crippen molar-refractivity contribution in [2.24, 2.45) is 15.7 Å². The number of nitrogens with zero attached hydrogens (tertiary/aromatic N) is 1. The van der Waals surface area contributed by atoms with Crippen LogP contribution in [0.5, 0.6) is 0 Å². The van der Waals surface area contributed by atoms with Gasteiger partial charge >= 0.3 is 0 Å². The molecule has 1 aromatic carbocycles. The molecule has 1 aliphatic carbocycles. The third kappa shape index (κ3) is 4.91. The van der Waals surface area contributed by atoms with Gasteiger partial charge < -0.3 is 5.32 Å². The van der Waals surface area contributed by atoms with Crippen molar-refractivity contribution in [3.05, 3.63) is 46.3 Å². The Hall–Kier alpha value is -2.41. The van der Waals surface area contributed by atoms with Crippen molar-refractivity contribution in [3.63, 3.8) is 0 Å². The standard InChI is InChI=1S/C24H29N3O6S3/c1-23(2,3)10-11-24(4)16-9-7-6-8-15(16)18(28)17(20(24)29)21-26-22-19(36(32,33)27-21)14(13-34-22)12-25-35(5,30)31/h6-9,13,17,25H,10-12H2,1-5H3,(H,26,27)/t17?,24-/m1/s1. The van der Waals surface area contributed by atoms with Gasteiger partial charge in [-0.15, -0.1) is 15.7 Å². The molecule has 194 valence electrons. The smallest absolute Gasteiger partial charge is 0.287 e. The maximum Gasteiger partial charge on any atom is 0.287 e. The van der Waals surface area contributed by atoms with Crippen molar-refractivity contribution >= 4 is 53.8 Å². The summed E-state index contributed by atoms with van der Waals surface area (Å²) in [5.74, 6) is -2.51. The summed E-state index contributed by atoms with van der Waals surface area (Å²) in [6.45, 7) is 7.81. The highest BCUT2D eigenvalue weighted by Gasteiger charge is 2.52. The van der Waals surface area contributed by atoms with Crippen molar-refractivity contribution in [3.8, 4) is 0 Å².